The molecule has 1 saturated carbocycles. The van der Waals surface area contributed by atoms with Crippen LogP contribution in [0.4, 0.5) is 24.5 Å². The molecule has 0 bridgehead atoms. The molecule has 1 heterocycles. The van der Waals surface area contributed by atoms with Gasteiger partial charge in [-0.2, -0.15) is 13.2 Å². The first-order valence-corrected chi connectivity index (χ1v) is 7.26. The quantitative estimate of drug-likeness (QED) is 0.794. The molecule has 1 aliphatic heterocycles. The summed E-state index contributed by atoms with van der Waals surface area (Å²) in [5, 5.41) is 6.58. The smallest absolute Gasteiger partial charge is 0.381 e. The van der Waals surface area contributed by atoms with E-state index in [0.29, 0.717) is 24.2 Å². The Morgan fingerprint density at radius 3 is 2.45 bits per heavy atom. The topological polar surface area (TPSA) is 24.1 Å². The van der Waals surface area contributed by atoms with Crippen LogP contribution in [0.2, 0.25) is 0 Å². The van der Waals surface area contributed by atoms with Gasteiger partial charge >= 0.3 is 6.18 Å². The Labute approximate surface area is 116 Å². The van der Waals surface area contributed by atoms with E-state index in [4.69, 9.17) is 0 Å². The van der Waals surface area contributed by atoms with E-state index in [1.165, 1.54) is 38.2 Å². The van der Waals surface area contributed by atoms with Gasteiger partial charge in [-0.25, -0.2) is 0 Å². The lowest BCUT2D eigenvalue weighted by Crippen LogP contribution is -2.40. The highest BCUT2D eigenvalue weighted by molar-refractivity contribution is 5.72. The zero-order chi connectivity index (χ0) is 14.2. The van der Waals surface area contributed by atoms with Crippen molar-refractivity contribution in [2.75, 3.05) is 17.2 Å². The average molecular weight is 284 g/mol. The maximum absolute atomic E-state index is 12.7. The van der Waals surface area contributed by atoms with E-state index in [2.05, 4.69) is 10.6 Å². The average Bonchev–Trinajstić information content (AvgIpc) is 2.46. The molecule has 20 heavy (non-hydrogen) atoms. The van der Waals surface area contributed by atoms with Crippen LogP contribution in [0.15, 0.2) is 18.2 Å². The van der Waals surface area contributed by atoms with Gasteiger partial charge in [0.15, 0.2) is 0 Å². The number of benzene rings is 1. The van der Waals surface area contributed by atoms with Gasteiger partial charge in [-0.05, 0) is 37.0 Å². The molecular weight excluding hydrogens is 265 g/mol. The van der Waals surface area contributed by atoms with Gasteiger partial charge in [0.25, 0.3) is 0 Å². The molecule has 1 fully saturated rings. The second kappa shape index (κ2) is 5.19. The standard InChI is InChI=1S/C15H19F3N2/c16-15(17,18)11-6-7-12-13(8-11)19-9-14(20-12)10-4-2-1-3-5-10/h6-8,10,14,19-20H,1-5,9H2. The molecule has 2 aliphatic rings. The van der Waals surface area contributed by atoms with Crippen LogP contribution in [-0.4, -0.2) is 12.6 Å². The van der Waals surface area contributed by atoms with E-state index in [1.807, 2.05) is 0 Å². The predicted octanol–water partition coefficient (Wildman–Crippen LogP) is 4.49. The first kappa shape index (κ1) is 13.6. The van der Waals surface area contributed by atoms with Gasteiger partial charge in [0.1, 0.15) is 0 Å². The third-order valence-corrected chi connectivity index (χ3v) is 4.42. The number of alkyl halides is 3. The highest BCUT2D eigenvalue weighted by Gasteiger charge is 2.32. The second-order valence-corrected chi connectivity index (χ2v) is 5.79. The molecule has 1 aliphatic carbocycles. The molecule has 2 nitrogen and oxygen atoms in total. The maximum atomic E-state index is 12.7. The lowest BCUT2D eigenvalue weighted by Gasteiger charge is -2.36. The van der Waals surface area contributed by atoms with Gasteiger partial charge in [0, 0.05) is 12.6 Å². The van der Waals surface area contributed by atoms with Crippen molar-refractivity contribution in [1.82, 2.24) is 0 Å². The van der Waals surface area contributed by atoms with Crippen molar-refractivity contribution in [3.05, 3.63) is 23.8 Å². The minimum Gasteiger partial charge on any atom is -0.381 e. The van der Waals surface area contributed by atoms with E-state index < -0.39 is 11.7 Å². The van der Waals surface area contributed by atoms with Crippen LogP contribution in [0.1, 0.15) is 37.7 Å². The summed E-state index contributed by atoms with van der Waals surface area (Å²) in [5.41, 5.74) is 0.758. The van der Waals surface area contributed by atoms with Gasteiger partial charge in [-0.3, -0.25) is 0 Å². The zero-order valence-corrected chi connectivity index (χ0v) is 11.3. The Kier molecular flexibility index (Phi) is 3.52. The molecule has 3 rings (SSSR count). The summed E-state index contributed by atoms with van der Waals surface area (Å²) in [6.45, 7) is 0.707. The number of halogens is 3. The minimum absolute atomic E-state index is 0.333. The fraction of sp³-hybridized carbons (Fsp3) is 0.600. The lowest BCUT2D eigenvalue weighted by atomic mass is 9.83. The molecule has 110 valence electrons. The van der Waals surface area contributed by atoms with Crippen molar-refractivity contribution >= 4 is 11.4 Å². The molecule has 1 atom stereocenters. The molecule has 1 aromatic carbocycles. The molecule has 0 radical (unpaired) electrons. The number of hydrogen-bond donors (Lipinski definition) is 2. The molecule has 5 heteroatoms. The van der Waals surface area contributed by atoms with Crippen LogP contribution in [0.3, 0.4) is 0 Å². The van der Waals surface area contributed by atoms with E-state index in [-0.39, 0.29) is 0 Å². The van der Waals surface area contributed by atoms with E-state index >= 15 is 0 Å². The SMILES string of the molecule is FC(F)(F)c1ccc2c(c1)NCC(C1CCCCC1)N2. The highest BCUT2D eigenvalue weighted by Crippen LogP contribution is 2.37. The second-order valence-electron chi connectivity index (χ2n) is 5.79. The molecule has 0 amide bonds. The van der Waals surface area contributed by atoms with Crippen LogP contribution >= 0.6 is 0 Å². The molecule has 0 spiro atoms. The van der Waals surface area contributed by atoms with Crippen molar-refractivity contribution in [1.29, 1.82) is 0 Å². The Hall–Kier alpha value is -1.39. The summed E-state index contributed by atoms with van der Waals surface area (Å²) in [6, 6.07) is 4.22. The van der Waals surface area contributed by atoms with E-state index in [0.717, 1.165) is 11.8 Å². The molecule has 0 saturated heterocycles. The van der Waals surface area contributed by atoms with Crippen LogP contribution in [0.25, 0.3) is 0 Å². The highest BCUT2D eigenvalue weighted by atomic mass is 19.4. The number of anilines is 2. The first-order valence-electron chi connectivity index (χ1n) is 7.26. The third kappa shape index (κ3) is 2.72. The van der Waals surface area contributed by atoms with Gasteiger partial charge in [0.2, 0.25) is 0 Å². The normalized spacial score (nSPS) is 23.6. The Balaban J connectivity index is 1.75. The lowest BCUT2D eigenvalue weighted by molar-refractivity contribution is -0.137. The number of nitrogens with one attached hydrogen (secondary N) is 2. The Morgan fingerprint density at radius 2 is 1.75 bits per heavy atom. The van der Waals surface area contributed by atoms with Crippen LogP contribution in [0.5, 0.6) is 0 Å². The molecular formula is C15H19F3N2. The summed E-state index contributed by atoms with van der Waals surface area (Å²) in [6.07, 6.45) is 2.00. The number of fused-ring (bicyclic) bond motifs is 1. The summed E-state index contributed by atoms with van der Waals surface area (Å²) < 4.78 is 38.0. The first-order chi connectivity index (χ1) is 9.54. The summed E-state index contributed by atoms with van der Waals surface area (Å²) >= 11 is 0. The largest absolute Gasteiger partial charge is 0.416 e. The van der Waals surface area contributed by atoms with E-state index in [9.17, 15) is 13.2 Å². The molecule has 0 aromatic heterocycles. The molecule has 2 N–H and O–H groups in total. The van der Waals surface area contributed by atoms with Crippen LogP contribution < -0.4 is 10.6 Å². The van der Waals surface area contributed by atoms with Crippen LogP contribution in [-0.2, 0) is 6.18 Å². The van der Waals surface area contributed by atoms with Gasteiger partial charge in [-0.15, -0.1) is 0 Å². The third-order valence-electron chi connectivity index (χ3n) is 4.42. The minimum atomic E-state index is -4.28. The maximum Gasteiger partial charge on any atom is 0.416 e. The summed E-state index contributed by atoms with van der Waals surface area (Å²) in [5.74, 6) is 0.631. The summed E-state index contributed by atoms with van der Waals surface area (Å²) in [4.78, 5) is 0. The van der Waals surface area contributed by atoms with Crippen LogP contribution in [0, 0.1) is 5.92 Å². The van der Waals surface area contributed by atoms with Crippen molar-refractivity contribution in [2.45, 2.75) is 44.3 Å². The Bertz CT molecular complexity index is 478. The van der Waals surface area contributed by atoms with E-state index in [1.54, 1.807) is 6.07 Å². The van der Waals surface area contributed by atoms with Crippen molar-refractivity contribution in [3.8, 4) is 0 Å². The number of rotatable bonds is 1. The number of hydrogen-bond acceptors (Lipinski definition) is 2. The zero-order valence-electron chi connectivity index (χ0n) is 11.3. The van der Waals surface area contributed by atoms with Crippen molar-refractivity contribution < 1.29 is 13.2 Å². The van der Waals surface area contributed by atoms with Gasteiger partial charge in [-0.1, -0.05) is 19.3 Å². The summed E-state index contributed by atoms with van der Waals surface area (Å²) in [7, 11) is 0. The fourth-order valence-corrected chi connectivity index (χ4v) is 3.28. The molecule has 1 aromatic rings. The Morgan fingerprint density at radius 1 is 1.00 bits per heavy atom. The monoisotopic (exact) mass is 284 g/mol. The van der Waals surface area contributed by atoms with Crippen molar-refractivity contribution in [3.63, 3.8) is 0 Å². The van der Waals surface area contributed by atoms with Gasteiger partial charge < -0.3 is 10.6 Å². The fourth-order valence-electron chi connectivity index (χ4n) is 3.28. The van der Waals surface area contributed by atoms with Crippen molar-refractivity contribution in [2.24, 2.45) is 5.92 Å². The van der Waals surface area contributed by atoms with Gasteiger partial charge in [0.05, 0.1) is 16.9 Å². The molecule has 1 unspecified atom stereocenters. The predicted molar refractivity (Wildman–Crippen MR) is 73.9 cm³/mol.